The fourth-order valence-electron chi connectivity index (χ4n) is 2.95. The van der Waals surface area contributed by atoms with Crippen molar-refractivity contribution in [3.8, 4) is 5.75 Å². The summed E-state index contributed by atoms with van der Waals surface area (Å²) in [7, 11) is 1.68. The van der Waals surface area contributed by atoms with E-state index >= 15 is 0 Å². The number of nitrogens with zero attached hydrogens (tertiary/aromatic N) is 2. The highest BCUT2D eigenvalue weighted by molar-refractivity contribution is 7.18. The maximum atomic E-state index is 12.2. The molecule has 1 fully saturated rings. The summed E-state index contributed by atoms with van der Waals surface area (Å²) in [5.41, 5.74) is 1.26. The number of ether oxygens (including phenoxy) is 2. The molecule has 0 unspecified atom stereocenters. The third-order valence-corrected chi connectivity index (χ3v) is 5.60. The summed E-state index contributed by atoms with van der Waals surface area (Å²) in [4.78, 5) is 20.9. The lowest BCUT2D eigenvalue weighted by Gasteiger charge is -2.13. The average Bonchev–Trinajstić information content (AvgIpc) is 3.09. The van der Waals surface area contributed by atoms with Crippen LogP contribution in [0.4, 0.5) is 0 Å². The molecule has 0 bridgehead atoms. The number of aryl methyl sites for hydroxylation is 1. The first-order chi connectivity index (χ1) is 13.1. The van der Waals surface area contributed by atoms with Gasteiger partial charge in [-0.2, -0.15) is 0 Å². The van der Waals surface area contributed by atoms with E-state index in [9.17, 15) is 4.79 Å². The van der Waals surface area contributed by atoms with Gasteiger partial charge < -0.3 is 19.2 Å². The van der Waals surface area contributed by atoms with E-state index < -0.39 is 0 Å². The normalized spacial score (nSPS) is 15.0. The van der Waals surface area contributed by atoms with Crippen LogP contribution in [0.25, 0.3) is 10.2 Å². The maximum Gasteiger partial charge on any atom is 0.273 e. The standard InChI is InChI=1S/C19H21N3O4S/c1-12-21-14-7-13(3-4-16(14)27-12)25-9-17-22-15(8-26-17)18(23)20-10-19(5-6-19)11-24-2/h3-4,7-8H,5-6,9-11H2,1-2H3,(H,20,23). The lowest BCUT2D eigenvalue weighted by atomic mass is 10.1. The van der Waals surface area contributed by atoms with E-state index in [-0.39, 0.29) is 23.6 Å². The van der Waals surface area contributed by atoms with Crippen LogP contribution in [0.3, 0.4) is 0 Å². The van der Waals surface area contributed by atoms with Gasteiger partial charge in [0.25, 0.3) is 5.91 Å². The second-order valence-electron chi connectivity index (χ2n) is 6.89. The Morgan fingerprint density at radius 1 is 1.37 bits per heavy atom. The molecule has 0 atom stereocenters. The topological polar surface area (TPSA) is 86.5 Å². The van der Waals surface area contributed by atoms with Crippen LogP contribution in [0.1, 0.15) is 34.2 Å². The Hall–Kier alpha value is -2.45. The van der Waals surface area contributed by atoms with Gasteiger partial charge in [-0.1, -0.05) is 0 Å². The van der Waals surface area contributed by atoms with Crippen LogP contribution in [0.15, 0.2) is 28.9 Å². The summed E-state index contributed by atoms with van der Waals surface area (Å²) in [6.45, 7) is 3.37. The van der Waals surface area contributed by atoms with Gasteiger partial charge in [-0.3, -0.25) is 4.79 Å². The maximum absolute atomic E-state index is 12.2. The molecule has 0 saturated heterocycles. The molecule has 7 nitrogen and oxygen atoms in total. The van der Waals surface area contributed by atoms with E-state index in [4.69, 9.17) is 13.9 Å². The molecule has 8 heteroatoms. The van der Waals surface area contributed by atoms with Gasteiger partial charge in [0, 0.05) is 25.1 Å². The van der Waals surface area contributed by atoms with Gasteiger partial charge in [-0.15, -0.1) is 11.3 Å². The van der Waals surface area contributed by atoms with Crippen LogP contribution < -0.4 is 10.1 Å². The Kier molecular flexibility index (Phi) is 4.84. The Bertz CT molecular complexity index is 961. The monoisotopic (exact) mass is 387 g/mol. The number of rotatable bonds is 8. The summed E-state index contributed by atoms with van der Waals surface area (Å²) in [5, 5.41) is 3.92. The quantitative estimate of drug-likeness (QED) is 0.638. The fourth-order valence-corrected chi connectivity index (χ4v) is 3.76. The molecule has 1 amide bonds. The summed E-state index contributed by atoms with van der Waals surface area (Å²) < 4.78 is 17.4. The highest BCUT2D eigenvalue weighted by Crippen LogP contribution is 2.45. The minimum atomic E-state index is -0.244. The average molecular weight is 387 g/mol. The number of nitrogens with one attached hydrogen (secondary N) is 1. The number of hydrogen-bond donors (Lipinski definition) is 1. The van der Waals surface area contributed by atoms with Crippen molar-refractivity contribution in [1.29, 1.82) is 0 Å². The highest BCUT2D eigenvalue weighted by Gasteiger charge is 2.42. The summed E-state index contributed by atoms with van der Waals surface area (Å²) >= 11 is 1.65. The molecule has 142 valence electrons. The first-order valence-electron chi connectivity index (χ1n) is 8.78. The van der Waals surface area contributed by atoms with Crippen molar-refractivity contribution in [3.05, 3.63) is 41.1 Å². The van der Waals surface area contributed by atoms with E-state index in [1.807, 2.05) is 25.1 Å². The Labute approximate surface area is 160 Å². The minimum absolute atomic E-state index is 0.0901. The number of carbonyl (C=O) groups excluding carboxylic acids is 1. The van der Waals surface area contributed by atoms with Gasteiger partial charge in [-0.25, -0.2) is 9.97 Å². The predicted octanol–water partition coefficient (Wildman–Crippen LogP) is 3.33. The van der Waals surface area contributed by atoms with Gasteiger partial charge in [0.1, 0.15) is 12.0 Å². The smallest absolute Gasteiger partial charge is 0.273 e. The molecule has 0 spiro atoms. The number of aromatic nitrogens is 2. The fraction of sp³-hybridized carbons (Fsp3) is 0.421. The van der Waals surface area contributed by atoms with Gasteiger partial charge in [0.2, 0.25) is 5.89 Å². The molecule has 27 heavy (non-hydrogen) atoms. The number of methoxy groups -OCH3 is 1. The Morgan fingerprint density at radius 3 is 3.00 bits per heavy atom. The number of oxazole rings is 1. The van der Waals surface area contributed by atoms with Crippen molar-refractivity contribution in [2.24, 2.45) is 5.41 Å². The second kappa shape index (κ2) is 7.28. The molecule has 2 aromatic heterocycles. The van der Waals surface area contributed by atoms with Gasteiger partial charge >= 0.3 is 0 Å². The molecule has 1 N–H and O–H groups in total. The van der Waals surface area contributed by atoms with E-state index in [0.717, 1.165) is 28.1 Å². The summed E-state index contributed by atoms with van der Waals surface area (Å²) in [6.07, 6.45) is 3.50. The molecular formula is C19H21N3O4S. The van der Waals surface area contributed by atoms with Crippen LogP contribution in [0.5, 0.6) is 5.75 Å². The van der Waals surface area contributed by atoms with Crippen molar-refractivity contribution in [2.75, 3.05) is 20.3 Å². The second-order valence-corrected chi connectivity index (χ2v) is 8.13. The zero-order chi connectivity index (χ0) is 18.9. The molecule has 4 rings (SSSR count). The van der Waals surface area contributed by atoms with E-state index in [1.54, 1.807) is 18.4 Å². The predicted molar refractivity (Wildman–Crippen MR) is 101 cm³/mol. The minimum Gasteiger partial charge on any atom is -0.484 e. The van der Waals surface area contributed by atoms with Crippen LogP contribution in [-0.2, 0) is 11.3 Å². The first-order valence-corrected chi connectivity index (χ1v) is 9.60. The third kappa shape index (κ3) is 4.12. The molecule has 0 radical (unpaired) electrons. The summed E-state index contributed by atoms with van der Waals surface area (Å²) in [6, 6.07) is 5.76. The number of carbonyl (C=O) groups is 1. The molecule has 0 aliphatic heterocycles. The largest absolute Gasteiger partial charge is 0.484 e. The van der Waals surface area contributed by atoms with Crippen molar-refractivity contribution < 1.29 is 18.7 Å². The molecule has 1 aliphatic carbocycles. The number of hydrogen-bond acceptors (Lipinski definition) is 7. The van der Waals surface area contributed by atoms with Crippen LogP contribution >= 0.6 is 11.3 Å². The molecule has 1 saturated carbocycles. The SMILES string of the molecule is COCC1(CNC(=O)c2coc(COc3ccc4sc(C)nc4c3)n2)CC1. The Balaban J connectivity index is 1.32. The van der Waals surface area contributed by atoms with Crippen LogP contribution in [-0.4, -0.2) is 36.1 Å². The molecule has 3 aromatic rings. The van der Waals surface area contributed by atoms with Crippen LogP contribution in [0.2, 0.25) is 0 Å². The zero-order valence-electron chi connectivity index (χ0n) is 15.3. The van der Waals surface area contributed by atoms with Gasteiger partial charge in [0.05, 0.1) is 21.8 Å². The van der Waals surface area contributed by atoms with E-state index in [0.29, 0.717) is 24.8 Å². The zero-order valence-corrected chi connectivity index (χ0v) is 16.1. The van der Waals surface area contributed by atoms with Crippen molar-refractivity contribution in [3.63, 3.8) is 0 Å². The van der Waals surface area contributed by atoms with Crippen molar-refractivity contribution in [1.82, 2.24) is 15.3 Å². The number of thiazole rings is 1. The number of benzene rings is 1. The van der Waals surface area contributed by atoms with Crippen molar-refractivity contribution in [2.45, 2.75) is 26.4 Å². The van der Waals surface area contributed by atoms with Gasteiger partial charge in [-0.05, 0) is 31.9 Å². The van der Waals surface area contributed by atoms with E-state index in [2.05, 4.69) is 15.3 Å². The molecular weight excluding hydrogens is 366 g/mol. The lowest BCUT2D eigenvalue weighted by Crippen LogP contribution is -2.32. The lowest BCUT2D eigenvalue weighted by molar-refractivity contribution is 0.0914. The highest BCUT2D eigenvalue weighted by atomic mass is 32.1. The van der Waals surface area contributed by atoms with Crippen molar-refractivity contribution >= 4 is 27.5 Å². The molecule has 1 aliphatic rings. The molecule has 1 aromatic carbocycles. The van der Waals surface area contributed by atoms with Crippen LogP contribution in [0, 0.1) is 12.3 Å². The molecule has 2 heterocycles. The van der Waals surface area contributed by atoms with E-state index in [1.165, 1.54) is 6.26 Å². The summed E-state index contributed by atoms with van der Waals surface area (Å²) in [5.74, 6) is 0.798. The Morgan fingerprint density at radius 2 is 2.22 bits per heavy atom. The van der Waals surface area contributed by atoms with Gasteiger partial charge in [0.15, 0.2) is 12.3 Å². The first kappa shape index (κ1) is 17.9. The number of amides is 1. The number of fused-ring (bicyclic) bond motifs is 1. The third-order valence-electron chi connectivity index (χ3n) is 4.64.